The number of nitrogens with two attached hydrogens (primary N) is 3. The third-order valence-electron chi connectivity index (χ3n) is 10.8. The van der Waals surface area contributed by atoms with Crippen molar-refractivity contribution in [1.82, 2.24) is 36.1 Å². The van der Waals surface area contributed by atoms with Crippen molar-refractivity contribution in [3.63, 3.8) is 0 Å². The fourth-order valence-electron chi connectivity index (χ4n) is 7.31. The van der Waals surface area contributed by atoms with Crippen LogP contribution in [0.1, 0.15) is 46.6 Å². The normalized spacial score (nSPS) is 16.7. The summed E-state index contributed by atoms with van der Waals surface area (Å²) in [6, 6.07) is 15.1. The van der Waals surface area contributed by atoms with Crippen LogP contribution in [0.3, 0.4) is 0 Å². The number of aromatic nitrogens is 2. The molecule has 2 heterocycles. The molecule has 65 heavy (non-hydrogen) atoms. The lowest BCUT2D eigenvalue weighted by Gasteiger charge is -2.32. The van der Waals surface area contributed by atoms with E-state index in [0.717, 1.165) is 5.56 Å². The van der Waals surface area contributed by atoms with Crippen LogP contribution in [0.2, 0.25) is 19.6 Å². The average Bonchev–Trinajstić information content (AvgIpc) is 3.28. The van der Waals surface area contributed by atoms with E-state index in [0.29, 0.717) is 45.3 Å². The molecule has 19 heteroatoms. The second kappa shape index (κ2) is 22.3. The van der Waals surface area contributed by atoms with Gasteiger partial charge < -0.3 is 52.8 Å². The Bertz CT molecular complexity index is 2420. The van der Waals surface area contributed by atoms with Crippen LogP contribution in [0.15, 0.2) is 66.9 Å². The van der Waals surface area contributed by atoms with E-state index in [2.05, 4.69) is 63.0 Å². The Morgan fingerprint density at radius 1 is 0.923 bits per heavy atom. The van der Waals surface area contributed by atoms with Gasteiger partial charge in [0, 0.05) is 49.4 Å². The molecule has 3 aromatic carbocycles. The van der Waals surface area contributed by atoms with Crippen molar-refractivity contribution in [3.05, 3.63) is 89.2 Å². The minimum atomic E-state index is -1.53. The average molecular weight is 906 g/mol. The number of likely N-dealkylation sites (N-methyl/N-ethyl adjacent to an activating group) is 1. The van der Waals surface area contributed by atoms with Crippen LogP contribution in [0.25, 0.3) is 22.5 Å². The molecular weight excluding hydrogens is 847 g/mol. The second-order valence-electron chi connectivity index (χ2n) is 16.7. The number of benzene rings is 3. The number of nitriles is 1. The molecule has 5 rings (SSSR count). The fourth-order valence-corrected chi connectivity index (χ4v) is 8.48. The number of carbonyl (C=O) groups is 5. The molecule has 10 N–H and O–H groups in total. The van der Waals surface area contributed by atoms with Gasteiger partial charge in [-0.1, -0.05) is 61.2 Å². The van der Waals surface area contributed by atoms with Gasteiger partial charge in [0.2, 0.25) is 23.6 Å². The van der Waals surface area contributed by atoms with E-state index in [1.165, 1.54) is 30.3 Å². The van der Waals surface area contributed by atoms with E-state index in [4.69, 9.17) is 31.9 Å². The van der Waals surface area contributed by atoms with Gasteiger partial charge in [0.1, 0.15) is 55.4 Å². The maximum Gasteiger partial charge on any atom is 0.255 e. The highest BCUT2D eigenvalue weighted by Crippen LogP contribution is 2.40. The predicted octanol–water partition coefficient (Wildman–Crippen LogP) is 1.17. The first-order valence-electron chi connectivity index (χ1n) is 21.4. The zero-order valence-electron chi connectivity index (χ0n) is 37.7. The first kappa shape index (κ1) is 49.3. The first-order chi connectivity index (χ1) is 31.0. The fraction of sp³-hybridized carbons (Fsp3) is 0.391. The summed E-state index contributed by atoms with van der Waals surface area (Å²) in [6.07, 6.45) is 1.42. The summed E-state index contributed by atoms with van der Waals surface area (Å²) in [4.78, 5) is 80.4. The van der Waals surface area contributed by atoms with Crippen molar-refractivity contribution < 1.29 is 33.4 Å². The molecule has 1 aliphatic heterocycles. The zero-order chi connectivity index (χ0) is 47.4. The van der Waals surface area contributed by atoms with Gasteiger partial charge in [0.15, 0.2) is 5.82 Å². The summed E-state index contributed by atoms with van der Waals surface area (Å²) < 4.78 is 12.2. The molecule has 0 saturated heterocycles. The highest BCUT2D eigenvalue weighted by atomic mass is 28.3. The van der Waals surface area contributed by atoms with Crippen LogP contribution in [0.5, 0.6) is 11.5 Å². The van der Waals surface area contributed by atoms with Crippen LogP contribution in [0.4, 0.5) is 0 Å². The summed E-state index contributed by atoms with van der Waals surface area (Å²) in [5, 5.41) is 21.2. The Labute approximate surface area is 380 Å². The van der Waals surface area contributed by atoms with Gasteiger partial charge >= 0.3 is 0 Å². The molecule has 0 aliphatic carbocycles. The molecule has 5 amide bonds. The second-order valence-corrected chi connectivity index (χ2v) is 21.8. The number of fused-ring (bicyclic) bond motifs is 5. The maximum atomic E-state index is 14.6. The predicted molar refractivity (Wildman–Crippen MR) is 248 cm³/mol. The van der Waals surface area contributed by atoms with Crippen molar-refractivity contribution in [2.75, 3.05) is 46.4 Å². The van der Waals surface area contributed by atoms with E-state index >= 15 is 0 Å². The van der Waals surface area contributed by atoms with E-state index in [9.17, 15) is 24.0 Å². The summed E-state index contributed by atoms with van der Waals surface area (Å²) in [5.41, 5.74) is 20.9. The molecule has 4 aromatic rings. The first-order valence-corrected chi connectivity index (χ1v) is 24.9. The van der Waals surface area contributed by atoms with Crippen LogP contribution >= 0.6 is 0 Å². The van der Waals surface area contributed by atoms with E-state index in [1.54, 1.807) is 43.3 Å². The summed E-state index contributed by atoms with van der Waals surface area (Å²) in [5.74, 6) is -2.14. The third kappa shape index (κ3) is 12.3. The molecule has 0 radical (unpaired) electrons. The quantitative estimate of drug-likeness (QED) is 0.0615. The minimum Gasteiger partial charge on any atom is -0.492 e. The monoisotopic (exact) mass is 905 g/mol. The zero-order valence-corrected chi connectivity index (χ0v) is 38.7. The molecule has 0 spiro atoms. The molecule has 0 fully saturated rings. The van der Waals surface area contributed by atoms with Crippen LogP contribution < -0.4 is 53.1 Å². The standard InChI is InChI=1S/C46H59N11O7Si/c1-27-35(26-52-41(53-27)30-8-11-32(12-9-30)65(4,5)6)43(59)55-36(15-16-47)46(62)57(3)40-31-10-14-39(64-22-19-50)34(25-31)33-23-29(7-13-38(33)63-21-18-49)24-37(44(60)51-20-17-48)56-42(58)28(2)54-45(40)61/h7-14,23,25-26,28,36-37,40H,15-16,18-22,24,47,49-50H2,1-6H3,(H,51,60)(H,54,61)(H,55,59)(H,56,58)/t28-,36-,37-,40-/m0/s1. The van der Waals surface area contributed by atoms with Crippen molar-refractivity contribution in [1.29, 1.82) is 5.26 Å². The topological polar surface area (TPSA) is 283 Å². The lowest BCUT2D eigenvalue weighted by Crippen LogP contribution is -2.56. The van der Waals surface area contributed by atoms with E-state index in [-0.39, 0.29) is 57.8 Å². The van der Waals surface area contributed by atoms with Crippen molar-refractivity contribution in [2.45, 2.75) is 70.5 Å². The number of hydrogen-bond donors (Lipinski definition) is 7. The van der Waals surface area contributed by atoms with Gasteiger partial charge in [-0.2, -0.15) is 5.26 Å². The Kier molecular flexibility index (Phi) is 16.9. The molecule has 344 valence electrons. The Morgan fingerprint density at radius 3 is 2.17 bits per heavy atom. The number of rotatable bonds is 16. The smallest absolute Gasteiger partial charge is 0.255 e. The van der Waals surface area contributed by atoms with Crippen LogP contribution in [-0.2, 0) is 25.6 Å². The molecular formula is C46H59N11O7Si. The Balaban J connectivity index is 1.55. The number of carbonyl (C=O) groups excluding carboxylic acids is 5. The molecule has 4 bridgehead atoms. The van der Waals surface area contributed by atoms with Crippen molar-refractivity contribution in [2.24, 2.45) is 17.2 Å². The summed E-state index contributed by atoms with van der Waals surface area (Å²) >= 11 is 0. The molecule has 18 nitrogen and oxygen atoms in total. The Hall–Kier alpha value is -6.72. The third-order valence-corrected chi connectivity index (χ3v) is 12.9. The number of nitrogens with zero attached hydrogens (tertiary/aromatic N) is 4. The highest BCUT2D eigenvalue weighted by Gasteiger charge is 2.36. The number of aryl methyl sites for hydroxylation is 1. The minimum absolute atomic E-state index is 0.00277. The van der Waals surface area contributed by atoms with Crippen molar-refractivity contribution in [3.8, 4) is 40.1 Å². The number of ether oxygens (including phenoxy) is 2. The van der Waals surface area contributed by atoms with E-state index in [1.807, 2.05) is 18.2 Å². The summed E-state index contributed by atoms with van der Waals surface area (Å²) in [7, 11) is -0.113. The molecule has 0 unspecified atom stereocenters. The number of hydrogen-bond acceptors (Lipinski definition) is 13. The SMILES string of the molecule is Cc1nc(-c2ccc([Si](C)(C)C)cc2)ncc1C(=O)N[C@@H](CCN)C(=O)N(C)[C@@H]1C(=O)N[C@@H](C)C(=O)N[C@H](C(=O)NCC#N)Cc2ccc(OCCN)c(c2)-c2cc1ccc2OCCN. The largest absolute Gasteiger partial charge is 0.492 e. The van der Waals surface area contributed by atoms with Gasteiger partial charge in [0.25, 0.3) is 5.91 Å². The summed E-state index contributed by atoms with van der Waals surface area (Å²) in [6.45, 7) is 10.3. The van der Waals surface area contributed by atoms with Crippen molar-refractivity contribution >= 4 is 42.8 Å². The number of amides is 5. The Morgan fingerprint density at radius 2 is 1.57 bits per heavy atom. The maximum absolute atomic E-state index is 14.6. The molecule has 0 saturated carbocycles. The van der Waals surface area contributed by atoms with Crippen LogP contribution in [-0.4, -0.2) is 117 Å². The van der Waals surface area contributed by atoms with Gasteiger partial charge in [-0.3, -0.25) is 24.0 Å². The van der Waals surface area contributed by atoms with Gasteiger partial charge in [0.05, 0.1) is 25.4 Å². The molecule has 1 aromatic heterocycles. The lowest BCUT2D eigenvalue weighted by atomic mass is 9.93. The van der Waals surface area contributed by atoms with Gasteiger partial charge in [-0.05, 0) is 62.2 Å². The molecule has 1 aliphatic rings. The molecule has 4 atom stereocenters. The highest BCUT2D eigenvalue weighted by molar-refractivity contribution is 6.88. The van der Waals surface area contributed by atoms with Gasteiger partial charge in [-0.25, -0.2) is 9.97 Å². The lowest BCUT2D eigenvalue weighted by molar-refractivity contribution is -0.141. The van der Waals surface area contributed by atoms with Gasteiger partial charge in [-0.15, -0.1) is 0 Å². The van der Waals surface area contributed by atoms with Crippen LogP contribution in [0, 0.1) is 18.3 Å². The van der Waals surface area contributed by atoms with E-state index < -0.39 is 61.8 Å². The number of nitrogens with one attached hydrogen (secondary N) is 4.